The molecule has 5 nitrogen and oxygen atoms in total. The average molecular weight is 343 g/mol. The summed E-state index contributed by atoms with van der Waals surface area (Å²) in [5.74, 6) is 1.86. The van der Waals surface area contributed by atoms with E-state index in [1.165, 1.54) is 12.8 Å². The first-order valence-corrected chi connectivity index (χ1v) is 8.51. The predicted molar refractivity (Wildman–Crippen MR) is 98.6 cm³/mol. The Bertz CT molecular complexity index is 655. The number of nitrogens with one attached hydrogen (secondary N) is 1. The lowest BCUT2D eigenvalue weighted by molar-refractivity contribution is -0.118. The maximum atomic E-state index is 12.0. The molecule has 0 heterocycles. The van der Waals surface area contributed by atoms with Gasteiger partial charge in [-0.2, -0.15) is 0 Å². The summed E-state index contributed by atoms with van der Waals surface area (Å²) in [5.41, 5.74) is 0.708. The Hall–Kier alpha value is -2.69. The summed E-state index contributed by atoms with van der Waals surface area (Å²) >= 11 is 0. The second kappa shape index (κ2) is 10.2. The molecule has 5 heteroatoms. The monoisotopic (exact) mass is 343 g/mol. The molecule has 1 amide bonds. The van der Waals surface area contributed by atoms with Crippen molar-refractivity contribution < 1.29 is 19.0 Å². The quantitative estimate of drug-likeness (QED) is 0.654. The van der Waals surface area contributed by atoms with E-state index < -0.39 is 0 Å². The largest absolute Gasteiger partial charge is 0.497 e. The molecule has 1 N–H and O–H groups in total. The molecule has 0 radical (unpaired) electrons. The van der Waals surface area contributed by atoms with E-state index in [-0.39, 0.29) is 12.5 Å². The molecule has 0 spiro atoms. The van der Waals surface area contributed by atoms with Crippen molar-refractivity contribution in [3.05, 3.63) is 48.5 Å². The number of methoxy groups -OCH3 is 1. The number of hydrogen-bond donors (Lipinski definition) is 1. The molecule has 0 aliphatic rings. The Balaban J connectivity index is 1.76. The average Bonchev–Trinajstić information content (AvgIpc) is 2.65. The first-order valence-electron chi connectivity index (χ1n) is 8.51. The summed E-state index contributed by atoms with van der Waals surface area (Å²) in [6, 6.07) is 14.5. The van der Waals surface area contributed by atoms with Gasteiger partial charge in [-0.05, 0) is 42.8 Å². The van der Waals surface area contributed by atoms with Gasteiger partial charge in [0.05, 0.1) is 13.7 Å². The van der Waals surface area contributed by atoms with Crippen molar-refractivity contribution in [3.8, 4) is 17.2 Å². The molecule has 0 aliphatic heterocycles. The number of carbonyl (C=O) groups is 1. The predicted octanol–water partition coefficient (Wildman–Crippen LogP) is 4.28. The summed E-state index contributed by atoms with van der Waals surface area (Å²) in [5, 5.41) is 2.79. The lowest BCUT2D eigenvalue weighted by atomic mass is 10.2. The molecule has 25 heavy (non-hydrogen) atoms. The van der Waals surface area contributed by atoms with Crippen molar-refractivity contribution in [2.45, 2.75) is 26.2 Å². The van der Waals surface area contributed by atoms with Gasteiger partial charge in [0.15, 0.2) is 6.61 Å². The Morgan fingerprint density at radius 2 is 1.72 bits per heavy atom. The normalized spacial score (nSPS) is 10.2. The van der Waals surface area contributed by atoms with E-state index >= 15 is 0 Å². The molecule has 2 rings (SSSR count). The minimum absolute atomic E-state index is 0.0670. The molecule has 134 valence electrons. The second-order valence-corrected chi connectivity index (χ2v) is 5.60. The zero-order chi connectivity index (χ0) is 17.9. The van der Waals surface area contributed by atoms with Crippen LogP contribution in [0, 0.1) is 0 Å². The molecule has 2 aromatic rings. The van der Waals surface area contributed by atoms with Crippen molar-refractivity contribution in [2.24, 2.45) is 0 Å². The molecule has 0 atom stereocenters. The molecule has 0 saturated carbocycles. The van der Waals surface area contributed by atoms with Crippen LogP contribution >= 0.6 is 0 Å². The van der Waals surface area contributed by atoms with Crippen LogP contribution in [0.4, 0.5) is 5.69 Å². The molecule has 0 aliphatic carbocycles. The zero-order valence-electron chi connectivity index (χ0n) is 14.8. The lowest BCUT2D eigenvalue weighted by Crippen LogP contribution is -2.20. The number of amides is 1. The first kappa shape index (κ1) is 18.6. The van der Waals surface area contributed by atoms with Gasteiger partial charge in [-0.3, -0.25) is 4.79 Å². The van der Waals surface area contributed by atoms with E-state index in [0.717, 1.165) is 12.2 Å². The SMILES string of the molecule is CCCCCOc1ccc(NC(=O)COc2cccc(OC)c2)cc1. The molecular formula is C20H25NO4. The summed E-state index contributed by atoms with van der Waals surface area (Å²) in [6.45, 7) is 2.81. The summed E-state index contributed by atoms with van der Waals surface area (Å²) in [6.07, 6.45) is 3.39. The highest BCUT2D eigenvalue weighted by Crippen LogP contribution is 2.19. The Morgan fingerprint density at radius 3 is 2.44 bits per heavy atom. The van der Waals surface area contributed by atoms with Crippen LogP contribution in [0.5, 0.6) is 17.2 Å². The molecule has 0 unspecified atom stereocenters. The van der Waals surface area contributed by atoms with Crippen LogP contribution in [-0.2, 0) is 4.79 Å². The summed E-state index contributed by atoms with van der Waals surface area (Å²) in [4.78, 5) is 12.0. The van der Waals surface area contributed by atoms with Gasteiger partial charge in [0.25, 0.3) is 5.91 Å². The first-order chi connectivity index (χ1) is 12.2. The minimum Gasteiger partial charge on any atom is -0.497 e. The Morgan fingerprint density at radius 1 is 0.960 bits per heavy atom. The Labute approximate surface area is 148 Å². The van der Waals surface area contributed by atoms with E-state index in [0.29, 0.717) is 23.8 Å². The van der Waals surface area contributed by atoms with Crippen LogP contribution in [0.15, 0.2) is 48.5 Å². The Kier molecular flexibility index (Phi) is 7.63. The van der Waals surface area contributed by atoms with Crippen LogP contribution in [0.1, 0.15) is 26.2 Å². The topological polar surface area (TPSA) is 56.8 Å². The van der Waals surface area contributed by atoms with Crippen LogP contribution in [0.2, 0.25) is 0 Å². The number of ether oxygens (including phenoxy) is 3. The minimum atomic E-state index is -0.223. The van der Waals surface area contributed by atoms with Gasteiger partial charge in [0, 0.05) is 11.8 Å². The molecular weight excluding hydrogens is 318 g/mol. The second-order valence-electron chi connectivity index (χ2n) is 5.60. The highest BCUT2D eigenvalue weighted by Gasteiger charge is 2.05. The third-order valence-electron chi connectivity index (χ3n) is 3.57. The zero-order valence-corrected chi connectivity index (χ0v) is 14.8. The highest BCUT2D eigenvalue weighted by atomic mass is 16.5. The standard InChI is InChI=1S/C20H25NO4/c1-3-4-5-13-24-17-11-9-16(10-12-17)21-20(22)15-25-19-8-6-7-18(14-19)23-2/h6-12,14H,3-5,13,15H2,1-2H3,(H,21,22). The number of anilines is 1. The summed E-state index contributed by atoms with van der Waals surface area (Å²) < 4.78 is 16.2. The van der Waals surface area contributed by atoms with Gasteiger partial charge in [-0.25, -0.2) is 0 Å². The molecule has 2 aromatic carbocycles. The number of hydrogen-bond acceptors (Lipinski definition) is 4. The van der Waals surface area contributed by atoms with Gasteiger partial charge in [-0.1, -0.05) is 25.8 Å². The van der Waals surface area contributed by atoms with E-state index in [4.69, 9.17) is 14.2 Å². The highest BCUT2D eigenvalue weighted by molar-refractivity contribution is 5.91. The fourth-order valence-corrected chi connectivity index (χ4v) is 2.21. The summed E-state index contributed by atoms with van der Waals surface area (Å²) in [7, 11) is 1.59. The van der Waals surface area contributed by atoms with Gasteiger partial charge >= 0.3 is 0 Å². The van der Waals surface area contributed by atoms with Crippen molar-refractivity contribution in [2.75, 3.05) is 25.6 Å². The van der Waals surface area contributed by atoms with Gasteiger partial charge < -0.3 is 19.5 Å². The van der Waals surface area contributed by atoms with E-state index in [2.05, 4.69) is 12.2 Å². The van der Waals surface area contributed by atoms with Gasteiger partial charge in [0.2, 0.25) is 0 Å². The van der Waals surface area contributed by atoms with Crippen molar-refractivity contribution in [1.29, 1.82) is 0 Å². The fraction of sp³-hybridized carbons (Fsp3) is 0.350. The van der Waals surface area contributed by atoms with Crippen molar-refractivity contribution in [3.63, 3.8) is 0 Å². The number of unbranched alkanes of at least 4 members (excludes halogenated alkanes) is 2. The van der Waals surface area contributed by atoms with E-state index in [1.54, 1.807) is 19.2 Å². The van der Waals surface area contributed by atoms with Crippen LogP contribution in [-0.4, -0.2) is 26.2 Å². The lowest BCUT2D eigenvalue weighted by Gasteiger charge is -2.10. The van der Waals surface area contributed by atoms with Gasteiger partial charge in [0.1, 0.15) is 17.2 Å². The maximum absolute atomic E-state index is 12.0. The number of benzene rings is 2. The molecule has 0 aromatic heterocycles. The number of carbonyl (C=O) groups excluding carboxylic acids is 1. The maximum Gasteiger partial charge on any atom is 0.262 e. The van der Waals surface area contributed by atoms with Crippen molar-refractivity contribution >= 4 is 11.6 Å². The van der Waals surface area contributed by atoms with Crippen LogP contribution < -0.4 is 19.5 Å². The third-order valence-corrected chi connectivity index (χ3v) is 3.57. The van der Waals surface area contributed by atoms with Gasteiger partial charge in [-0.15, -0.1) is 0 Å². The van der Waals surface area contributed by atoms with Crippen LogP contribution in [0.3, 0.4) is 0 Å². The van der Waals surface area contributed by atoms with E-state index in [9.17, 15) is 4.79 Å². The fourth-order valence-electron chi connectivity index (χ4n) is 2.21. The third kappa shape index (κ3) is 6.75. The molecule has 0 bridgehead atoms. The van der Waals surface area contributed by atoms with E-state index in [1.807, 2.05) is 36.4 Å². The van der Waals surface area contributed by atoms with Crippen molar-refractivity contribution in [1.82, 2.24) is 0 Å². The van der Waals surface area contributed by atoms with Crippen LogP contribution in [0.25, 0.3) is 0 Å². The molecule has 0 saturated heterocycles. The molecule has 0 fully saturated rings. The smallest absolute Gasteiger partial charge is 0.262 e. The number of rotatable bonds is 10.